The molecule has 1 amide bonds. The summed E-state index contributed by atoms with van der Waals surface area (Å²) in [5.41, 5.74) is 1.72. The van der Waals surface area contributed by atoms with Crippen molar-refractivity contribution in [3.05, 3.63) is 113 Å². The van der Waals surface area contributed by atoms with Gasteiger partial charge in [0.1, 0.15) is 6.54 Å². The molecule has 39 heavy (non-hydrogen) atoms. The van der Waals surface area contributed by atoms with Gasteiger partial charge in [0.25, 0.3) is 20.0 Å². The molecule has 0 radical (unpaired) electrons. The number of hydrogen-bond acceptors (Lipinski definition) is 5. The standard InChI is InChI=1S/C27H23Cl2N3O5S2/c1-19-4-2-7-24(16-19)32(39(36,37)26-12-8-20(28)9-13-26)18-27(33)30-22-10-14-25(15-11-22)38(34,35)31-23-6-3-5-21(29)17-23/h2-17,31H,18H2,1H3,(H,30,33). The van der Waals surface area contributed by atoms with Gasteiger partial charge in [0.05, 0.1) is 21.2 Å². The zero-order valence-electron chi connectivity index (χ0n) is 20.5. The number of amides is 1. The van der Waals surface area contributed by atoms with Gasteiger partial charge in [-0.05, 0) is 91.3 Å². The third-order valence-electron chi connectivity index (χ3n) is 5.50. The van der Waals surface area contributed by atoms with Crippen LogP contribution in [0.15, 0.2) is 107 Å². The van der Waals surface area contributed by atoms with E-state index in [2.05, 4.69) is 10.0 Å². The molecule has 0 atom stereocenters. The highest BCUT2D eigenvalue weighted by atomic mass is 35.5. The SMILES string of the molecule is Cc1cccc(N(CC(=O)Nc2ccc(S(=O)(=O)Nc3cccc(Cl)c3)cc2)S(=O)(=O)c2ccc(Cl)cc2)c1. The van der Waals surface area contributed by atoms with Crippen molar-refractivity contribution in [2.24, 2.45) is 0 Å². The zero-order chi connectivity index (χ0) is 28.2. The molecule has 4 aromatic carbocycles. The second kappa shape index (κ2) is 11.7. The van der Waals surface area contributed by atoms with Gasteiger partial charge in [-0.1, -0.05) is 41.4 Å². The number of nitrogens with one attached hydrogen (secondary N) is 2. The third-order valence-corrected chi connectivity index (χ3v) is 9.18. The molecule has 2 N–H and O–H groups in total. The van der Waals surface area contributed by atoms with E-state index < -0.39 is 32.5 Å². The first-order valence-corrected chi connectivity index (χ1v) is 15.2. The molecule has 0 bridgehead atoms. The van der Waals surface area contributed by atoms with Crippen LogP contribution in [0, 0.1) is 6.92 Å². The molecule has 4 rings (SSSR count). The highest BCUT2D eigenvalue weighted by molar-refractivity contribution is 7.93. The number of aryl methyl sites for hydroxylation is 1. The average Bonchev–Trinajstić information content (AvgIpc) is 2.87. The van der Waals surface area contributed by atoms with E-state index in [4.69, 9.17) is 23.2 Å². The Bertz CT molecular complexity index is 1710. The number of hydrogen-bond donors (Lipinski definition) is 2. The smallest absolute Gasteiger partial charge is 0.264 e. The molecule has 4 aromatic rings. The number of rotatable bonds is 9. The molecule has 0 aromatic heterocycles. The summed E-state index contributed by atoms with van der Waals surface area (Å²) in [5.74, 6) is -0.623. The lowest BCUT2D eigenvalue weighted by Crippen LogP contribution is -2.38. The molecule has 0 saturated heterocycles. The Balaban J connectivity index is 1.53. The molecule has 0 heterocycles. The van der Waals surface area contributed by atoms with Gasteiger partial charge in [-0.25, -0.2) is 16.8 Å². The molecule has 0 unspecified atom stereocenters. The van der Waals surface area contributed by atoms with Crippen molar-refractivity contribution in [1.82, 2.24) is 0 Å². The Kier molecular flexibility index (Phi) is 8.51. The van der Waals surface area contributed by atoms with Gasteiger partial charge in [0.15, 0.2) is 0 Å². The highest BCUT2D eigenvalue weighted by Gasteiger charge is 2.27. The van der Waals surface area contributed by atoms with Crippen LogP contribution in [-0.2, 0) is 24.8 Å². The van der Waals surface area contributed by atoms with Crippen LogP contribution in [0.1, 0.15) is 5.56 Å². The van der Waals surface area contributed by atoms with Crippen molar-refractivity contribution < 1.29 is 21.6 Å². The fourth-order valence-electron chi connectivity index (χ4n) is 3.65. The van der Waals surface area contributed by atoms with Crippen LogP contribution in [0.3, 0.4) is 0 Å². The summed E-state index contributed by atoms with van der Waals surface area (Å²) < 4.78 is 55.9. The maximum absolute atomic E-state index is 13.5. The topological polar surface area (TPSA) is 113 Å². The second-order valence-corrected chi connectivity index (χ2v) is 12.9. The summed E-state index contributed by atoms with van der Waals surface area (Å²) in [5, 5.41) is 3.38. The van der Waals surface area contributed by atoms with Crippen molar-refractivity contribution in [2.45, 2.75) is 16.7 Å². The van der Waals surface area contributed by atoms with E-state index in [0.29, 0.717) is 21.4 Å². The number of carbonyl (C=O) groups excluding carboxylic acids is 1. The fourth-order valence-corrected chi connectivity index (χ4v) is 6.42. The number of benzene rings is 4. The summed E-state index contributed by atoms with van der Waals surface area (Å²) in [6.07, 6.45) is 0. The molecule has 8 nitrogen and oxygen atoms in total. The lowest BCUT2D eigenvalue weighted by molar-refractivity contribution is -0.114. The number of halogens is 2. The molecule has 202 valence electrons. The first-order valence-electron chi connectivity index (χ1n) is 11.5. The van der Waals surface area contributed by atoms with Crippen LogP contribution in [0.4, 0.5) is 17.1 Å². The highest BCUT2D eigenvalue weighted by Crippen LogP contribution is 2.26. The predicted octanol–water partition coefficient (Wildman–Crippen LogP) is 5.94. The summed E-state index contributed by atoms with van der Waals surface area (Å²) in [7, 11) is -8.02. The Labute approximate surface area is 237 Å². The number of sulfonamides is 2. The van der Waals surface area contributed by atoms with E-state index in [9.17, 15) is 21.6 Å². The summed E-state index contributed by atoms with van der Waals surface area (Å²) in [6.45, 7) is 1.29. The van der Waals surface area contributed by atoms with Gasteiger partial charge in [0.2, 0.25) is 5.91 Å². The van der Waals surface area contributed by atoms with E-state index in [1.807, 2.05) is 13.0 Å². The molecule has 0 fully saturated rings. The van der Waals surface area contributed by atoms with Crippen molar-refractivity contribution in [3.63, 3.8) is 0 Å². The van der Waals surface area contributed by atoms with Crippen LogP contribution in [0.5, 0.6) is 0 Å². The maximum Gasteiger partial charge on any atom is 0.264 e. The molecule has 0 spiro atoms. The van der Waals surface area contributed by atoms with E-state index in [-0.39, 0.29) is 15.5 Å². The van der Waals surface area contributed by atoms with Crippen LogP contribution < -0.4 is 14.3 Å². The minimum absolute atomic E-state index is 0.0250. The van der Waals surface area contributed by atoms with Gasteiger partial charge in [0, 0.05) is 15.7 Å². The van der Waals surface area contributed by atoms with Crippen LogP contribution in [0.25, 0.3) is 0 Å². The molecular formula is C27H23Cl2N3O5S2. The first-order chi connectivity index (χ1) is 18.4. The van der Waals surface area contributed by atoms with E-state index in [0.717, 1.165) is 9.87 Å². The van der Waals surface area contributed by atoms with E-state index >= 15 is 0 Å². The number of anilines is 3. The maximum atomic E-state index is 13.5. The minimum atomic E-state index is -4.12. The molecule has 0 aliphatic rings. The van der Waals surface area contributed by atoms with Gasteiger partial charge in [-0.2, -0.15) is 0 Å². The van der Waals surface area contributed by atoms with Gasteiger partial charge in [-0.15, -0.1) is 0 Å². The van der Waals surface area contributed by atoms with Crippen molar-refractivity contribution >= 4 is 66.2 Å². The Morgan fingerprint density at radius 2 is 1.38 bits per heavy atom. The van der Waals surface area contributed by atoms with Crippen molar-refractivity contribution in [1.29, 1.82) is 0 Å². The predicted molar refractivity (Wildman–Crippen MR) is 154 cm³/mol. The fraction of sp³-hybridized carbons (Fsp3) is 0.0741. The molecule has 12 heteroatoms. The normalized spacial score (nSPS) is 11.6. The van der Waals surface area contributed by atoms with E-state index in [1.165, 1.54) is 54.6 Å². The summed E-state index contributed by atoms with van der Waals surface area (Å²) >= 11 is 11.8. The van der Waals surface area contributed by atoms with Gasteiger partial charge >= 0.3 is 0 Å². The molecule has 0 aliphatic heterocycles. The lowest BCUT2D eigenvalue weighted by Gasteiger charge is -2.24. The van der Waals surface area contributed by atoms with Crippen molar-refractivity contribution in [2.75, 3.05) is 20.9 Å². The lowest BCUT2D eigenvalue weighted by atomic mass is 10.2. The quantitative estimate of drug-likeness (QED) is 0.246. The largest absolute Gasteiger partial charge is 0.325 e. The summed E-state index contributed by atoms with van der Waals surface area (Å²) in [4.78, 5) is 12.9. The summed E-state index contributed by atoms with van der Waals surface area (Å²) in [6, 6.07) is 24.2. The van der Waals surface area contributed by atoms with Crippen LogP contribution >= 0.6 is 23.2 Å². The van der Waals surface area contributed by atoms with Crippen LogP contribution in [-0.4, -0.2) is 29.3 Å². The zero-order valence-corrected chi connectivity index (χ0v) is 23.7. The first kappa shape index (κ1) is 28.4. The monoisotopic (exact) mass is 603 g/mol. The third kappa shape index (κ3) is 7.10. The Morgan fingerprint density at radius 1 is 0.744 bits per heavy atom. The molecule has 0 saturated carbocycles. The second-order valence-electron chi connectivity index (χ2n) is 8.49. The van der Waals surface area contributed by atoms with Gasteiger partial charge < -0.3 is 5.32 Å². The molecular weight excluding hydrogens is 581 g/mol. The number of nitrogens with zero attached hydrogens (tertiary/aromatic N) is 1. The average molecular weight is 605 g/mol. The number of carbonyl (C=O) groups is 1. The van der Waals surface area contributed by atoms with Crippen LogP contribution in [0.2, 0.25) is 10.0 Å². The Hall–Kier alpha value is -3.57. The van der Waals surface area contributed by atoms with Gasteiger partial charge in [-0.3, -0.25) is 13.8 Å². The Morgan fingerprint density at radius 3 is 2.03 bits per heavy atom. The minimum Gasteiger partial charge on any atom is -0.325 e. The molecule has 0 aliphatic carbocycles. The van der Waals surface area contributed by atoms with Crippen molar-refractivity contribution in [3.8, 4) is 0 Å². The van der Waals surface area contributed by atoms with E-state index in [1.54, 1.807) is 36.4 Å².